The maximum absolute atomic E-state index is 11.7. The molecular weight excluding hydrogens is 354 g/mol. The van der Waals surface area contributed by atoms with E-state index in [1.54, 1.807) is 6.07 Å². The summed E-state index contributed by atoms with van der Waals surface area (Å²) in [4.78, 5) is 11.7. The molecule has 0 bridgehead atoms. The minimum atomic E-state index is -0.358. The van der Waals surface area contributed by atoms with Crippen molar-refractivity contribution in [3.05, 3.63) is 74.0 Å². The summed E-state index contributed by atoms with van der Waals surface area (Å²) in [6, 6.07) is 14.6. The van der Waals surface area contributed by atoms with Gasteiger partial charge in [-0.3, -0.25) is 0 Å². The van der Waals surface area contributed by atoms with Gasteiger partial charge >= 0.3 is 5.63 Å². The van der Waals surface area contributed by atoms with E-state index in [2.05, 4.69) is 21.2 Å². The molecule has 0 aliphatic carbocycles. The summed E-state index contributed by atoms with van der Waals surface area (Å²) in [6.45, 7) is 0.518. The molecule has 0 radical (unpaired) electrons. The lowest BCUT2D eigenvalue weighted by atomic mass is 10.1. The first-order chi connectivity index (χ1) is 10.1. The Kier molecular flexibility index (Phi) is 3.99. The fraction of sp³-hybridized carbons (Fsp3) is 0.0625. The zero-order valence-corrected chi connectivity index (χ0v) is 13.2. The van der Waals surface area contributed by atoms with Gasteiger partial charge in [0.2, 0.25) is 0 Å². The molecule has 2 aromatic carbocycles. The minimum Gasteiger partial charge on any atom is -0.423 e. The molecule has 5 heteroatoms. The van der Waals surface area contributed by atoms with Gasteiger partial charge in [0.1, 0.15) is 5.58 Å². The Balaban J connectivity index is 1.95. The van der Waals surface area contributed by atoms with E-state index >= 15 is 0 Å². The largest absolute Gasteiger partial charge is 0.423 e. The van der Waals surface area contributed by atoms with Crippen LogP contribution in [0.5, 0.6) is 0 Å². The Morgan fingerprint density at radius 1 is 1.14 bits per heavy atom. The second-order valence-corrected chi connectivity index (χ2v) is 5.95. The monoisotopic (exact) mass is 363 g/mol. The highest BCUT2D eigenvalue weighted by molar-refractivity contribution is 9.10. The van der Waals surface area contributed by atoms with Crippen LogP contribution in [0.3, 0.4) is 0 Å². The first-order valence-corrected chi connectivity index (χ1v) is 7.51. The van der Waals surface area contributed by atoms with Crippen LogP contribution in [0, 0.1) is 0 Å². The lowest BCUT2D eigenvalue weighted by molar-refractivity contribution is 0.559. The Hall–Kier alpha value is -1.78. The van der Waals surface area contributed by atoms with Crippen LogP contribution in [-0.2, 0) is 6.54 Å². The fourth-order valence-electron chi connectivity index (χ4n) is 2.15. The van der Waals surface area contributed by atoms with Gasteiger partial charge in [-0.25, -0.2) is 4.79 Å². The number of hydrogen-bond donors (Lipinski definition) is 1. The number of benzene rings is 2. The minimum absolute atomic E-state index is 0.358. The molecular formula is C16H11BrClNO2. The number of nitrogens with one attached hydrogen (secondary N) is 1. The summed E-state index contributed by atoms with van der Waals surface area (Å²) in [5, 5.41) is 4.84. The van der Waals surface area contributed by atoms with Crippen LogP contribution < -0.4 is 10.9 Å². The molecule has 0 fully saturated rings. The van der Waals surface area contributed by atoms with Crippen LogP contribution in [0.25, 0.3) is 11.0 Å². The predicted octanol–water partition coefficient (Wildman–Crippen LogP) is 4.82. The van der Waals surface area contributed by atoms with E-state index in [9.17, 15) is 4.79 Å². The number of rotatable bonds is 3. The summed E-state index contributed by atoms with van der Waals surface area (Å²) in [5.41, 5.74) is 2.00. The molecule has 1 heterocycles. The smallest absolute Gasteiger partial charge is 0.336 e. The molecule has 0 saturated heterocycles. The standard InChI is InChI=1S/C16H11BrClNO2/c17-11-4-5-14-10(6-16(20)21-15(14)7-11)9-19-13-3-1-2-12(18)8-13/h1-8,19H,9H2. The van der Waals surface area contributed by atoms with Gasteiger partial charge in [-0.2, -0.15) is 0 Å². The van der Waals surface area contributed by atoms with Crippen molar-refractivity contribution in [2.24, 2.45) is 0 Å². The van der Waals surface area contributed by atoms with Crippen LogP contribution in [0.1, 0.15) is 5.56 Å². The van der Waals surface area contributed by atoms with E-state index in [1.807, 2.05) is 36.4 Å². The van der Waals surface area contributed by atoms with Crippen molar-refractivity contribution in [3.8, 4) is 0 Å². The molecule has 0 spiro atoms. The lowest BCUT2D eigenvalue weighted by Crippen LogP contribution is -2.05. The molecule has 0 saturated carbocycles. The summed E-state index contributed by atoms with van der Waals surface area (Å²) in [5.74, 6) is 0. The normalized spacial score (nSPS) is 10.8. The van der Waals surface area contributed by atoms with Crippen LogP contribution in [0.15, 0.2) is 62.2 Å². The molecule has 3 rings (SSSR count). The van der Waals surface area contributed by atoms with Gasteiger partial charge in [-0.05, 0) is 42.0 Å². The third-order valence-electron chi connectivity index (χ3n) is 3.10. The average Bonchev–Trinajstić information content (AvgIpc) is 2.44. The number of anilines is 1. The molecule has 0 aliphatic heterocycles. The SMILES string of the molecule is O=c1cc(CNc2cccc(Cl)c2)c2ccc(Br)cc2o1. The molecule has 0 amide bonds. The van der Waals surface area contributed by atoms with E-state index in [0.717, 1.165) is 21.1 Å². The highest BCUT2D eigenvalue weighted by atomic mass is 79.9. The maximum Gasteiger partial charge on any atom is 0.336 e. The summed E-state index contributed by atoms with van der Waals surface area (Å²) in [6.07, 6.45) is 0. The van der Waals surface area contributed by atoms with Crippen LogP contribution in [0.2, 0.25) is 5.02 Å². The molecule has 0 atom stereocenters. The van der Waals surface area contributed by atoms with Gasteiger partial charge in [0.05, 0.1) is 0 Å². The topological polar surface area (TPSA) is 42.2 Å². The molecule has 3 aromatic rings. The lowest BCUT2D eigenvalue weighted by Gasteiger charge is -2.09. The molecule has 0 unspecified atom stereocenters. The molecule has 106 valence electrons. The third-order valence-corrected chi connectivity index (χ3v) is 3.83. The number of fused-ring (bicyclic) bond motifs is 1. The molecule has 21 heavy (non-hydrogen) atoms. The second kappa shape index (κ2) is 5.92. The first-order valence-electron chi connectivity index (χ1n) is 6.33. The highest BCUT2D eigenvalue weighted by Gasteiger charge is 2.06. The maximum atomic E-state index is 11.7. The van der Waals surface area contributed by atoms with Crippen LogP contribution in [-0.4, -0.2) is 0 Å². The third kappa shape index (κ3) is 3.28. The number of hydrogen-bond acceptors (Lipinski definition) is 3. The molecule has 1 aromatic heterocycles. The van der Waals surface area contributed by atoms with Gasteiger partial charge in [0, 0.05) is 33.2 Å². The van der Waals surface area contributed by atoms with Crippen molar-refractivity contribution < 1.29 is 4.42 Å². The van der Waals surface area contributed by atoms with Gasteiger partial charge in [-0.15, -0.1) is 0 Å². The van der Waals surface area contributed by atoms with E-state index in [4.69, 9.17) is 16.0 Å². The van der Waals surface area contributed by atoms with Crippen molar-refractivity contribution in [1.29, 1.82) is 0 Å². The molecule has 0 aliphatic rings. The quantitative estimate of drug-likeness (QED) is 0.677. The van der Waals surface area contributed by atoms with E-state index < -0.39 is 0 Å². The van der Waals surface area contributed by atoms with E-state index in [0.29, 0.717) is 17.2 Å². The predicted molar refractivity (Wildman–Crippen MR) is 89.0 cm³/mol. The van der Waals surface area contributed by atoms with Gasteiger partial charge in [0.25, 0.3) is 0 Å². The van der Waals surface area contributed by atoms with E-state index in [-0.39, 0.29) is 5.63 Å². The van der Waals surface area contributed by atoms with Crippen molar-refractivity contribution in [3.63, 3.8) is 0 Å². The first kappa shape index (κ1) is 14.2. The second-order valence-electron chi connectivity index (χ2n) is 4.60. The van der Waals surface area contributed by atoms with Crippen molar-refractivity contribution in [2.75, 3.05) is 5.32 Å². The van der Waals surface area contributed by atoms with Gasteiger partial charge < -0.3 is 9.73 Å². The van der Waals surface area contributed by atoms with Gasteiger partial charge in [-0.1, -0.05) is 33.6 Å². The molecule has 1 N–H and O–H groups in total. The Labute approximate surface area is 134 Å². The molecule has 3 nitrogen and oxygen atoms in total. The number of halogens is 2. The van der Waals surface area contributed by atoms with Crippen molar-refractivity contribution >= 4 is 44.2 Å². The summed E-state index contributed by atoms with van der Waals surface area (Å²) < 4.78 is 6.09. The van der Waals surface area contributed by atoms with Crippen LogP contribution in [0.4, 0.5) is 5.69 Å². The van der Waals surface area contributed by atoms with Crippen LogP contribution >= 0.6 is 27.5 Å². The zero-order valence-electron chi connectivity index (χ0n) is 10.9. The average molecular weight is 365 g/mol. The van der Waals surface area contributed by atoms with E-state index in [1.165, 1.54) is 6.07 Å². The fourth-order valence-corrected chi connectivity index (χ4v) is 2.68. The van der Waals surface area contributed by atoms with Crippen molar-refractivity contribution in [2.45, 2.75) is 6.54 Å². The van der Waals surface area contributed by atoms with Gasteiger partial charge in [0.15, 0.2) is 0 Å². The summed E-state index contributed by atoms with van der Waals surface area (Å²) >= 11 is 9.33. The highest BCUT2D eigenvalue weighted by Crippen LogP contribution is 2.23. The summed E-state index contributed by atoms with van der Waals surface area (Å²) in [7, 11) is 0. The Morgan fingerprint density at radius 2 is 2.00 bits per heavy atom. The zero-order chi connectivity index (χ0) is 14.8. The van der Waals surface area contributed by atoms with Crippen molar-refractivity contribution in [1.82, 2.24) is 0 Å². The Morgan fingerprint density at radius 3 is 2.81 bits per heavy atom. The Bertz CT molecular complexity index is 860.